The van der Waals surface area contributed by atoms with E-state index in [2.05, 4.69) is 24.3 Å². The zero-order chi connectivity index (χ0) is 18.6. The second kappa shape index (κ2) is 8.53. The Kier molecular flexibility index (Phi) is 6.35. The number of benzene rings is 1. The Morgan fingerprint density at radius 3 is 2.15 bits per heavy atom. The van der Waals surface area contributed by atoms with Crippen molar-refractivity contribution in [2.45, 2.75) is 44.9 Å². The molecule has 2 fully saturated rings. The third-order valence-corrected chi connectivity index (χ3v) is 6.98. The smallest absolute Gasteiger partial charge is 0.222 e. The van der Waals surface area contributed by atoms with Crippen molar-refractivity contribution in [1.82, 2.24) is 9.21 Å². The maximum absolute atomic E-state index is 12.1. The van der Waals surface area contributed by atoms with Crippen molar-refractivity contribution < 1.29 is 13.2 Å². The number of rotatable bonds is 6. The van der Waals surface area contributed by atoms with Gasteiger partial charge in [-0.3, -0.25) is 4.79 Å². The summed E-state index contributed by atoms with van der Waals surface area (Å²) in [7, 11) is -3.05. The van der Waals surface area contributed by atoms with E-state index in [1.807, 2.05) is 4.90 Å². The summed E-state index contributed by atoms with van der Waals surface area (Å²) in [6, 6.07) is 8.60. The van der Waals surface area contributed by atoms with E-state index in [1.165, 1.54) is 17.4 Å². The number of sulfonamides is 1. The van der Waals surface area contributed by atoms with Gasteiger partial charge in [-0.15, -0.1) is 0 Å². The molecule has 2 saturated heterocycles. The second-order valence-corrected chi connectivity index (χ2v) is 9.70. The molecule has 26 heavy (non-hydrogen) atoms. The predicted octanol–water partition coefficient (Wildman–Crippen LogP) is 2.46. The van der Waals surface area contributed by atoms with Crippen LogP contribution in [-0.4, -0.2) is 56.0 Å². The van der Waals surface area contributed by atoms with Gasteiger partial charge in [0.25, 0.3) is 0 Å². The third kappa shape index (κ3) is 5.30. The van der Waals surface area contributed by atoms with Gasteiger partial charge in [-0.2, -0.15) is 0 Å². The van der Waals surface area contributed by atoms with E-state index >= 15 is 0 Å². The van der Waals surface area contributed by atoms with Crippen LogP contribution < -0.4 is 0 Å². The summed E-state index contributed by atoms with van der Waals surface area (Å²) in [4.78, 5) is 14.1. The fourth-order valence-corrected chi connectivity index (χ4v) is 4.87. The van der Waals surface area contributed by atoms with Crippen LogP contribution in [0.3, 0.4) is 0 Å². The zero-order valence-electron chi connectivity index (χ0n) is 15.7. The molecule has 1 aromatic rings. The molecular weight excluding hydrogens is 348 g/mol. The summed E-state index contributed by atoms with van der Waals surface area (Å²) in [5.41, 5.74) is 2.52. The Morgan fingerprint density at radius 1 is 1.00 bits per heavy atom. The van der Waals surface area contributed by atoms with Gasteiger partial charge < -0.3 is 4.90 Å². The van der Waals surface area contributed by atoms with E-state index in [0.29, 0.717) is 25.4 Å². The highest BCUT2D eigenvalue weighted by Gasteiger charge is 2.24. The molecule has 0 bridgehead atoms. The van der Waals surface area contributed by atoms with E-state index in [-0.39, 0.29) is 5.91 Å². The Bertz CT molecular complexity index is 701. The molecule has 5 nitrogen and oxygen atoms in total. The minimum Gasteiger partial charge on any atom is -0.343 e. The van der Waals surface area contributed by atoms with Crippen LogP contribution in [0.1, 0.15) is 43.2 Å². The quantitative estimate of drug-likeness (QED) is 0.764. The monoisotopic (exact) mass is 378 g/mol. The van der Waals surface area contributed by atoms with Crippen LogP contribution in [0.2, 0.25) is 0 Å². The van der Waals surface area contributed by atoms with E-state index < -0.39 is 10.0 Å². The molecule has 1 aromatic carbocycles. The molecule has 0 N–H and O–H groups in total. The van der Waals surface area contributed by atoms with Crippen LogP contribution >= 0.6 is 0 Å². The van der Waals surface area contributed by atoms with Crippen LogP contribution in [0, 0.1) is 5.92 Å². The highest BCUT2D eigenvalue weighted by Crippen LogP contribution is 2.23. The molecular formula is C20H30N2O3S. The average molecular weight is 379 g/mol. The number of amides is 1. The highest BCUT2D eigenvalue weighted by molar-refractivity contribution is 7.88. The summed E-state index contributed by atoms with van der Waals surface area (Å²) in [5, 5.41) is 0. The lowest BCUT2D eigenvalue weighted by Gasteiger charge is -2.30. The van der Waals surface area contributed by atoms with Gasteiger partial charge in [0.15, 0.2) is 0 Å². The fraction of sp³-hybridized carbons (Fsp3) is 0.650. The molecule has 0 radical (unpaired) electrons. The van der Waals surface area contributed by atoms with Crippen molar-refractivity contribution in [1.29, 1.82) is 0 Å². The highest BCUT2D eigenvalue weighted by atomic mass is 32.2. The van der Waals surface area contributed by atoms with E-state index in [4.69, 9.17) is 0 Å². The first kappa shape index (κ1) is 19.4. The number of carbonyl (C=O) groups excluding carboxylic acids is 1. The van der Waals surface area contributed by atoms with Crippen LogP contribution in [0.15, 0.2) is 24.3 Å². The van der Waals surface area contributed by atoms with Crippen LogP contribution in [0.4, 0.5) is 0 Å². The Balaban J connectivity index is 1.44. The molecule has 3 rings (SSSR count). The zero-order valence-corrected chi connectivity index (χ0v) is 16.5. The summed E-state index contributed by atoms with van der Waals surface area (Å²) >= 11 is 0. The molecule has 144 valence electrons. The van der Waals surface area contributed by atoms with Crippen molar-refractivity contribution in [3.63, 3.8) is 0 Å². The summed E-state index contributed by atoms with van der Waals surface area (Å²) < 4.78 is 24.7. The van der Waals surface area contributed by atoms with E-state index in [1.54, 1.807) is 4.31 Å². The number of aryl methyl sites for hydroxylation is 1. The normalized spacial score (nSPS) is 19.8. The lowest BCUT2D eigenvalue weighted by atomic mass is 9.90. The van der Waals surface area contributed by atoms with Crippen molar-refractivity contribution in [3.8, 4) is 0 Å². The van der Waals surface area contributed by atoms with Gasteiger partial charge in [0, 0.05) is 32.6 Å². The molecule has 0 spiro atoms. The minimum atomic E-state index is -3.05. The maximum Gasteiger partial charge on any atom is 0.222 e. The molecule has 0 aliphatic carbocycles. The summed E-state index contributed by atoms with van der Waals surface area (Å²) in [6.45, 7) is 3.13. The van der Waals surface area contributed by atoms with Gasteiger partial charge in [0.05, 0.1) is 6.26 Å². The standard InChI is InChI=1S/C20H30N2O3S/c1-26(24,25)22-14-10-19(11-15-22)16-18-6-4-17(5-7-18)8-9-20(23)21-12-2-3-13-21/h4-7,19H,2-3,8-16H2,1H3. The van der Waals surface area contributed by atoms with Crippen molar-refractivity contribution in [3.05, 3.63) is 35.4 Å². The maximum atomic E-state index is 12.1. The Labute approximate surface area is 157 Å². The van der Waals surface area contributed by atoms with Crippen molar-refractivity contribution in [2.24, 2.45) is 5.92 Å². The van der Waals surface area contributed by atoms with Gasteiger partial charge in [0.2, 0.25) is 15.9 Å². The molecule has 2 aliphatic rings. The van der Waals surface area contributed by atoms with Crippen molar-refractivity contribution >= 4 is 15.9 Å². The number of carbonyl (C=O) groups is 1. The number of likely N-dealkylation sites (tertiary alicyclic amines) is 1. The predicted molar refractivity (Wildman–Crippen MR) is 103 cm³/mol. The SMILES string of the molecule is CS(=O)(=O)N1CCC(Cc2ccc(CCC(=O)N3CCCC3)cc2)CC1. The molecule has 6 heteroatoms. The van der Waals surface area contributed by atoms with Crippen LogP contribution in [0.5, 0.6) is 0 Å². The Morgan fingerprint density at radius 2 is 1.58 bits per heavy atom. The lowest BCUT2D eigenvalue weighted by Crippen LogP contribution is -2.38. The van der Waals surface area contributed by atoms with Gasteiger partial charge in [0.1, 0.15) is 0 Å². The molecule has 0 unspecified atom stereocenters. The minimum absolute atomic E-state index is 0.282. The van der Waals surface area contributed by atoms with Gasteiger partial charge in [-0.25, -0.2) is 12.7 Å². The van der Waals surface area contributed by atoms with Crippen molar-refractivity contribution in [2.75, 3.05) is 32.4 Å². The Hall–Kier alpha value is -1.40. The molecule has 0 saturated carbocycles. The molecule has 0 aromatic heterocycles. The second-order valence-electron chi connectivity index (χ2n) is 7.71. The molecule has 0 atom stereocenters. The van der Waals surface area contributed by atoms with Gasteiger partial charge in [-0.05, 0) is 55.6 Å². The first-order chi connectivity index (χ1) is 12.4. The number of piperidine rings is 1. The van der Waals surface area contributed by atoms with Gasteiger partial charge in [-0.1, -0.05) is 24.3 Å². The summed E-state index contributed by atoms with van der Waals surface area (Å²) in [5.74, 6) is 0.833. The van der Waals surface area contributed by atoms with E-state index in [9.17, 15) is 13.2 Å². The average Bonchev–Trinajstić information content (AvgIpc) is 3.15. The first-order valence-electron chi connectivity index (χ1n) is 9.72. The van der Waals surface area contributed by atoms with Crippen LogP contribution in [0.25, 0.3) is 0 Å². The number of hydrogen-bond donors (Lipinski definition) is 0. The first-order valence-corrected chi connectivity index (χ1v) is 11.6. The summed E-state index contributed by atoms with van der Waals surface area (Å²) in [6.07, 6.45) is 7.85. The van der Waals surface area contributed by atoms with E-state index in [0.717, 1.165) is 51.6 Å². The molecule has 2 aliphatic heterocycles. The topological polar surface area (TPSA) is 57.7 Å². The number of nitrogens with zero attached hydrogens (tertiary/aromatic N) is 2. The molecule has 2 heterocycles. The third-order valence-electron chi connectivity index (χ3n) is 5.68. The fourth-order valence-electron chi connectivity index (χ4n) is 4.00. The van der Waals surface area contributed by atoms with Gasteiger partial charge >= 0.3 is 0 Å². The molecule has 1 amide bonds. The largest absolute Gasteiger partial charge is 0.343 e. The lowest BCUT2D eigenvalue weighted by molar-refractivity contribution is -0.130. The van der Waals surface area contributed by atoms with Crippen LogP contribution in [-0.2, 0) is 27.7 Å². The number of hydrogen-bond acceptors (Lipinski definition) is 3.